The van der Waals surface area contributed by atoms with Crippen molar-refractivity contribution in [3.05, 3.63) is 107 Å². The topological polar surface area (TPSA) is 44.8 Å². The zero-order valence-corrected chi connectivity index (χ0v) is 20.8. The van der Waals surface area contributed by atoms with Crippen LogP contribution in [-0.2, 0) is 6.61 Å². The number of rotatable bonds is 5. The minimum atomic E-state index is 0.135. The van der Waals surface area contributed by atoms with Crippen molar-refractivity contribution in [3.8, 4) is 5.75 Å². The summed E-state index contributed by atoms with van der Waals surface area (Å²) in [6.45, 7) is 3.95. The van der Waals surface area contributed by atoms with Gasteiger partial charge < -0.3 is 19.9 Å². The van der Waals surface area contributed by atoms with Gasteiger partial charge in [0.15, 0.2) is 0 Å². The number of allylic oxidation sites excluding steroid dienone is 2. The van der Waals surface area contributed by atoms with E-state index >= 15 is 0 Å². The Labute approximate surface area is 213 Å². The Morgan fingerprint density at radius 2 is 1.72 bits per heavy atom. The van der Waals surface area contributed by atoms with Crippen LogP contribution in [0.3, 0.4) is 0 Å². The molecule has 1 aliphatic carbocycles. The van der Waals surface area contributed by atoms with E-state index in [0.29, 0.717) is 18.4 Å². The first-order chi connectivity index (χ1) is 17.7. The van der Waals surface area contributed by atoms with Gasteiger partial charge in [-0.3, -0.25) is 4.79 Å². The molecule has 184 valence electrons. The van der Waals surface area contributed by atoms with E-state index in [1.54, 1.807) is 0 Å². The highest BCUT2D eigenvalue weighted by molar-refractivity contribution is 6.01. The third kappa shape index (κ3) is 4.40. The Kier molecular flexibility index (Phi) is 6.24. The summed E-state index contributed by atoms with van der Waals surface area (Å²) in [5.74, 6) is 1.75. The first-order valence-corrected chi connectivity index (χ1v) is 13.0. The fourth-order valence-corrected chi connectivity index (χ4v) is 5.82. The van der Waals surface area contributed by atoms with Crippen molar-refractivity contribution in [2.45, 2.75) is 25.0 Å². The van der Waals surface area contributed by atoms with Crippen molar-refractivity contribution in [1.82, 2.24) is 9.80 Å². The van der Waals surface area contributed by atoms with Gasteiger partial charge in [-0.25, -0.2) is 0 Å². The molecule has 0 bridgehead atoms. The minimum Gasteiger partial charge on any atom is -0.489 e. The average Bonchev–Trinajstić information content (AvgIpc) is 3.43. The van der Waals surface area contributed by atoms with Crippen LogP contribution in [0, 0.1) is 5.92 Å². The van der Waals surface area contributed by atoms with Crippen molar-refractivity contribution in [3.63, 3.8) is 0 Å². The summed E-state index contributed by atoms with van der Waals surface area (Å²) in [6, 6.07) is 25.1. The van der Waals surface area contributed by atoms with E-state index < -0.39 is 0 Å². The predicted octanol–water partition coefficient (Wildman–Crippen LogP) is 5.48. The first kappa shape index (κ1) is 22.9. The summed E-state index contributed by atoms with van der Waals surface area (Å²) in [6.07, 6.45) is 5.66. The lowest BCUT2D eigenvalue weighted by atomic mass is 9.76. The number of piperazine rings is 1. The SMILES string of the molecule is CN1CCN(C(=O)c2cccc3c2NC(c2ccc(OCc4ccccc4)cc2)C2CC=CC32)CC1. The molecule has 5 heteroatoms. The molecule has 3 aromatic carbocycles. The second-order valence-electron chi connectivity index (χ2n) is 10.2. The maximum Gasteiger partial charge on any atom is 0.256 e. The lowest BCUT2D eigenvalue weighted by molar-refractivity contribution is 0.0664. The van der Waals surface area contributed by atoms with Crippen molar-refractivity contribution >= 4 is 11.6 Å². The maximum absolute atomic E-state index is 13.6. The highest BCUT2D eigenvalue weighted by atomic mass is 16.5. The quantitative estimate of drug-likeness (QED) is 0.492. The number of para-hydroxylation sites is 1. The molecule has 1 saturated heterocycles. The van der Waals surface area contributed by atoms with Crippen LogP contribution >= 0.6 is 0 Å². The Hall–Kier alpha value is -3.57. The molecule has 2 heterocycles. The Morgan fingerprint density at radius 1 is 0.944 bits per heavy atom. The normalized spacial score (nSPS) is 23.0. The number of ether oxygens (including phenoxy) is 1. The van der Waals surface area contributed by atoms with Gasteiger partial charge in [-0.15, -0.1) is 0 Å². The van der Waals surface area contributed by atoms with Gasteiger partial charge in [0.2, 0.25) is 0 Å². The number of hydrogen-bond acceptors (Lipinski definition) is 4. The first-order valence-electron chi connectivity index (χ1n) is 13.0. The summed E-state index contributed by atoms with van der Waals surface area (Å²) < 4.78 is 6.02. The fourth-order valence-electron chi connectivity index (χ4n) is 5.82. The van der Waals surface area contributed by atoms with E-state index in [9.17, 15) is 4.79 Å². The summed E-state index contributed by atoms with van der Waals surface area (Å²) in [5, 5.41) is 3.82. The molecule has 1 fully saturated rings. The monoisotopic (exact) mass is 479 g/mol. The lowest BCUT2D eigenvalue weighted by Crippen LogP contribution is -2.47. The molecule has 2 aliphatic heterocycles. The highest BCUT2D eigenvalue weighted by Crippen LogP contribution is 2.50. The number of benzene rings is 3. The molecule has 0 radical (unpaired) electrons. The maximum atomic E-state index is 13.6. The zero-order valence-electron chi connectivity index (χ0n) is 20.8. The van der Waals surface area contributed by atoms with Crippen molar-refractivity contribution in [2.75, 3.05) is 38.5 Å². The largest absolute Gasteiger partial charge is 0.489 e. The summed E-state index contributed by atoms with van der Waals surface area (Å²) in [4.78, 5) is 17.9. The number of hydrogen-bond donors (Lipinski definition) is 1. The lowest BCUT2D eigenvalue weighted by Gasteiger charge is -2.39. The van der Waals surface area contributed by atoms with Gasteiger partial charge in [0.1, 0.15) is 12.4 Å². The molecule has 6 rings (SSSR count). The molecule has 5 nitrogen and oxygen atoms in total. The Balaban J connectivity index is 1.25. The number of nitrogens with one attached hydrogen (secondary N) is 1. The number of fused-ring (bicyclic) bond motifs is 3. The van der Waals surface area contributed by atoms with Gasteiger partial charge in [-0.2, -0.15) is 0 Å². The van der Waals surface area contributed by atoms with E-state index in [1.807, 2.05) is 35.2 Å². The molecule has 3 atom stereocenters. The number of likely N-dealkylation sites (N-methyl/N-ethyl adjacent to an activating group) is 1. The molecule has 3 aromatic rings. The van der Waals surface area contributed by atoms with Gasteiger partial charge >= 0.3 is 0 Å². The van der Waals surface area contributed by atoms with Crippen molar-refractivity contribution in [1.29, 1.82) is 0 Å². The molecule has 3 aliphatic rings. The molecular formula is C31H33N3O2. The zero-order chi connectivity index (χ0) is 24.5. The number of carbonyl (C=O) groups excluding carboxylic acids is 1. The molecule has 3 unspecified atom stereocenters. The van der Waals surface area contributed by atoms with Gasteiger partial charge in [0, 0.05) is 32.1 Å². The van der Waals surface area contributed by atoms with E-state index in [1.165, 1.54) is 11.1 Å². The second kappa shape index (κ2) is 9.82. The van der Waals surface area contributed by atoms with E-state index in [-0.39, 0.29) is 11.9 Å². The third-order valence-corrected chi connectivity index (χ3v) is 7.91. The number of nitrogens with zero attached hydrogens (tertiary/aromatic N) is 2. The molecule has 36 heavy (non-hydrogen) atoms. The molecule has 1 amide bonds. The molecule has 1 N–H and O–H groups in total. The number of carbonyl (C=O) groups is 1. The second-order valence-corrected chi connectivity index (χ2v) is 10.2. The standard InChI is InChI=1S/C31H33N3O2/c1-33-17-19-34(20-18-33)31(35)28-12-6-11-27-25-9-5-10-26(25)29(32-30(27)28)23-13-15-24(16-14-23)36-21-22-7-3-2-4-8-22/h2-9,11-16,25-26,29,32H,10,17-21H2,1H3. The van der Waals surface area contributed by atoms with Crippen LogP contribution in [0.5, 0.6) is 5.75 Å². The smallest absolute Gasteiger partial charge is 0.256 e. The summed E-state index contributed by atoms with van der Waals surface area (Å²) in [5.41, 5.74) is 5.43. The Morgan fingerprint density at radius 3 is 2.50 bits per heavy atom. The molecular weight excluding hydrogens is 446 g/mol. The van der Waals surface area contributed by atoms with Gasteiger partial charge in [-0.05, 0) is 54.3 Å². The highest BCUT2D eigenvalue weighted by Gasteiger charge is 2.39. The third-order valence-electron chi connectivity index (χ3n) is 7.91. The van der Waals surface area contributed by atoms with Gasteiger partial charge in [-0.1, -0.05) is 66.7 Å². The minimum absolute atomic E-state index is 0.135. The van der Waals surface area contributed by atoms with Crippen molar-refractivity contribution in [2.24, 2.45) is 5.92 Å². The van der Waals surface area contributed by atoms with E-state index in [4.69, 9.17) is 4.74 Å². The fraction of sp³-hybridized carbons (Fsp3) is 0.323. The van der Waals surface area contributed by atoms with Gasteiger partial charge in [0.25, 0.3) is 5.91 Å². The van der Waals surface area contributed by atoms with Gasteiger partial charge in [0.05, 0.1) is 17.3 Å². The van der Waals surface area contributed by atoms with Crippen LogP contribution in [0.2, 0.25) is 0 Å². The summed E-state index contributed by atoms with van der Waals surface area (Å²) >= 11 is 0. The molecule has 0 saturated carbocycles. The molecule has 0 aromatic heterocycles. The molecule has 0 spiro atoms. The van der Waals surface area contributed by atoms with E-state index in [0.717, 1.165) is 55.2 Å². The van der Waals surface area contributed by atoms with Crippen molar-refractivity contribution < 1.29 is 9.53 Å². The van der Waals surface area contributed by atoms with Crippen LogP contribution in [0.1, 0.15) is 45.4 Å². The van der Waals surface area contributed by atoms with Crippen LogP contribution in [-0.4, -0.2) is 48.9 Å². The van der Waals surface area contributed by atoms with Crippen LogP contribution in [0.15, 0.2) is 84.9 Å². The van der Waals surface area contributed by atoms with E-state index in [2.05, 4.69) is 71.9 Å². The van der Waals surface area contributed by atoms with Crippen LogP contribution in [0.25, 0.3) is 0 Å². The van der Waals surface area contributed by atoms with Crippen LogP contribution in [0.4, 0.5) is 5.69 Å². The number of anilines is 1. The summed E-state index contributed by atoms with van der Waals surface area (Å²) in [7, 11) is 2.11. The number of amides is 1. The Bertz CT molecular complexity index is 1250. The van der Waals surface area contributed by atoms with Crippen LogP contribution < -0.4 is 10.1 Å². The average molecular weight is 480 g/mol. The predicted molar refractivity (Wildman–Crippen MR) is 143 cm³/mol.